The van der Waals surface area contributed by atoms with Crippen molar-refractivity contribution in [1.82, 2.24) is 0 Å². The van der Waals surface area contributed by atoms with Gasteiger partial charge in [0.05, 0.1) is 6.10 Å². The first-order valence-electron chi connectivity index (χ1n) is 13.2. The Hall–Kier alpha value is -1.27. The minimum atomic E-state index is -1.54. The summed E-state index contributed by atoms with van der Waals surface area (Å²) in [5, 5.41) is 34.1. The summed E-state index contributed by atoms with van der Waals surface area (Å²) < 4.78 is 12.8. The Kier molecular flexibility index (Phi) is 6.21. The van der Waals surface area contributed by atoms with E-state index in [1.54, 1.807) is 0 Å². The molecule has 0 saturated heterocycles. The van der Waals surface area contributed by atoms with E-state index >= 15 is 0 Å². The summed E-state index contributed by atoms with van der Waals surface area (Å²) in [6.07, 6.45) is 15.3. The van der Waals surface area contributed by atoms with Gasteiger partial charge in [0.25, 0.3) is 0 Å². The van der Waals surface area contributed by atoms with Crippen LogP contribution in [0.4, 0.5) is 0 Å². The van der Waals surface area contributed by atoms with Crippen LogP contribution in [0.2, 0.25) is 0 Å². The summed E-state index contributed by atoms with van der Waals surface area (Å²) in [7, 11) is 0. The van der Waals surface area contributed by atoms with Crippen LogP contribution in [0.25, 0.3) is 0 Å². The molecule has 5 rings (SSSR count). The van der Waals surface area contributed by atoms with Gasteiger partial charge in [-0.15, -0.1) is 0 Å². The van der Waals surface area contributed by atoms with Crippen molar-refractivity contribution in [1.29, 1.82) is 0 Å². The molecule has 3 N–H and O–H groups in total. The van der Waals surface area contributed by atoms with Crippen LogP contribution < -0.4 is 0 Å². The van der Waals surface area contributed by atoms with Gasteiger partial charge in [0.15, 0.2) is 11.9 Å². The first-order chi connectivity index (χ1) is 15.5. The second-order valence-corrected chi connectivity index (χ2v) is 11.1. The Labute approximate surface area is 191 Å². The lowest BCUT2D eigenvalue weighted by atomic mass is 9.57. The molecular weight excluding hydrogens is 408 g/mol. The average Bonchev–Trinajstić information content (AvgIpc) is 3.61. The van der Waals surface area contributed by atoms with Crippen molar-refractivity contribution in [2.75, 3.05) is 0 Å². The largest absolute Gasteiger partial charge is 0.505 e. The van der Waals surface area contributed by atoms with Crippen molar-refractivity contribution in [2.24, 2.45) is 17.8 Å². The van der Waals surface area contributed by atoms with Gasteiger partial charge >= 0.3 is 5.97 Å². The normalized spacial score (nSPS) is 31.2. The zero-order valence-electron chi connectivity index (χ0n) is 19.3. The molecule has 0 spiro atoms. The molecule has 4 aliphatic carbocycles. The molecule has 0 unspecified atom stereocenters. The zero-order valence-corrected chi connectivity index (χ0v) is 19.3. The standard InChI is InChI=1S/C26H40O6/c27-21-22(28)24(29)31-23(21)25(30,17-9-1-2-10-17)26(18-11-3-4-12-18,19-13-5-6-14-19)32-20-15-7-8-16-20/h17-20,23,27-28,30H,1-16H2/t23-,25+/m0/s1. The number of ether oxygens (including phenoxy) is 2. The number of carbonyl (C=O) groups is 1. The van der Waals surface area contributed by atoms with Gasteiger partial charge in [0.1, 0.15) is 11.2 Å². The zero-order chi connectivity index (χ0) is 22.3. The minimum Gasteiger partial charge on any atom is -0.505 e. The van der Waals surface area contributed by atoms with Crippen LogP contribution in [0.3, 0.4) is 0 Å². The highest BCUT2D eigenvalue weighted by Gasteiger charge is 2.70. The fourth-order valence-corrected chi connectivity index (χ4v) is 8.12. The van der Waals surface area contributed by atoms with E-state index in [4.69, 9.17) is 9.47 Å². The monoisotopic (exact) mass is 448 g/mol. The van der Waals surface area contributed by atoms with E-state index in [-0.39, 0.29) is 23.9 Å². The van der Waals surface area contributed by atoms with Gasteiger partial charge in [-0.2, -0.15) is 0 Å². The van der Waals surface area contributed by atoms with Crippen LogP contribution in [0, 0.1) is 17.8 Å². The third kappa shape index (κ3) is 3.39. The molecule has 5 aliphatic rings. The summed E-state index contributed by atoms with van der Waals surface area (Å²) in [6.45, 7) is 0. The molecule has 0 aromatic rings. The maximum Gasteiger partial charge on any atom is 0.378 e. The molecular formula is C26H40O6. The summed E-state index contributed by atoms with van der Waals surface area (Å²) in [6, 6.07) is 0. The van der Waals surface area contributed by atoms with E-state index in [1.807, 2.05) is 0 Å². The maximum absolute atomic E-state index is 13.0. The van der Waals surface area contributed by atoms with E-state index in [1.165, 1.54) is 0 Å². The minimum absolute atomic E-state index is 0.0981. The van der Waals surface area contributed by atoms with Crippen molar-refractivity contribution >= 4 is 5.97 Å². The number of esters is 1. The Bertz CT molecular complexity index is 707. The highest BCUT2D eigenvalue weighted by atomic mass is 16.6. The Morgan fingerprint density at radius 2 is 1.16 bits per heavy atom. The lowest BCUT2D eigenvalue weighted by Crippen LogP contribution is -2.72. The van der Waals surface area contributed by atoms with Crippen LogP contribution in [-0.4, -0.2) is 44.7 Å². The molecule has 180 valence electrons. The van der Waals surface area contributed by atoms with Crippen LogP contribution in [0.5, 0.6) is 0 Å². The van der Waals surface area contributed by atoms with Crippen LogP contribution in [-0.2, 0) is 14.3 Å². The molecule has 1 aliphatic heterocycles. The number of hydrogen-bond acceptors (Lipinski definition) is 6. The predicted octanol–water partition coefficient (Wildman–Crippen LogP) is 5.24. The van der Waals surface area contributed by atoms with Gasteiger partial charge in [-0.05, 0) is 69.1 Å². The number of aliphatic hydroxyl groups is 3. The van der Waals surface area contributed by atoms with Crippen molar-refractivity contribution in [3.8, 4) is 0 Å². The number of hydrogen-bond donors (Lipinski definition) is 3. The quantitative estimate of drug-likeness (QED) is 0.461. The molecule has 4 fully saturated rings. The molecule has 1 heterocycles. The predicted molar refractivity (Wildman–Crippen MR) is 119 cm³/mol. The number of carbonyl (C=O) groups excluding carboxylic acids is 1. The molecule has 32 heavy (non-hydrogen) atoms. The molecule has 0 amide bonds. The molecule has 0 aromatic carbocycles. The SMILES string of the molecule is O=C1O[C@H]([C@](O)(C2CCCC2)C(OC2CCCC2)(C2CCCC2)C2CCCC2)C(O)=C1O. The molecule has 6 nitrogen and oxygen atoms in total. The summed E-state index contributed by atoms with van der Waals surface area (Å²) in [5.41, 5.74) is -2.41. The van der Waals surface area contributed by atoms with Crippen LogP contribution >= 0.6 is 0 Å². The fraction of sp³-hybridized carbons (Fsp3) is 0.885. The van der Waals surface area contributed by atoms with Crippen molar-refractivity contribution in [2.45, 2.75) is 126 Å². The van der Waals surface area contributed by atoms with E-state index < -0.39 is 34.8 Å². The second kappa shape index (κ2) is 8.83. The average molecular weight is 449 g/mol. The van der Waals surface area contributed by atoms with E-state index in [0.717, 1.165) is 103 Å². The van der Waals surface area contributed by atoms with Gasteiger partial charge in [-0.3, -0.25) is 0 Å². The molecule has 0 radical (unpaired) electrons. The molecule has 0 aromatic heterocycles. The topological polar surface area (TPSA) is 96.2 Å². The fourth-order valence-electron chi connectivity index (χ4n) is 8.12. The third-order valence-corrected chi connectivity index (χ3v) is 9.50. The first kappa shape index (κ1) is 22.5. The maximum atomic E-state index is 13.0. The van der Waals surface area contributed by atoms with Gasteiger partial charge in [0.2, 0.25) is 5.76 Å². The molecule has 6 heteroatoms. The highest BCUT2D eigenvalue weighted by Crippen LogP contribution is 2.60. The van der Waals surface area contributed by atoms with Crippen molar-refractivity contribution in [3.63, 3.8) is 0 Å². The molecule has 0 bridgehead atoms. The number of aliphatic hydroxyl groups excluding tert-OH is 2. The Balaban J connectivity index is 1.68. The molecule has 2 atom stereocenters. The van der Waals surface area contributed by atoms with Gasteiger partial charge in [0, 0.05) is 0 Å². The van der Waals surface area contributed by atoms with Gasteiger partial charge in [-0.25, -0.2) is 4.79 Å². The van der Waals surface area contributed by atoms with E-state index in [2.05, 4.69) is 0 Å². The van der Waals surface area contributed by atoms with Crippen molar-refractivity contribution < 1.29 is 29.6 Å². The second-order valence-electron chi connectivity index (χ2n) is 11.1. The lowest BCUT2D eigenvalue weighted by Gasteiger charge is -2.58. The lowest BCUT2D eigenvalue weighted by molar-refractivity contribution is -0.298. The van der Waals surface area contributed by atoms with Gasteiger partial charge in [-0.1, -0.05) is 51.4 Å². The third-order valence-electron chi connectivity index (χ3n) is 9.50. The first-order valence-corrected chi connectivity index (χ1v) is 13.2. The summed E-state index contributed by atoms with van der Waals surface area (Å²) >= 11 is 0. The molecule has 4 saturated carbocycles. The smallest absolute Gasteiger partial charge is 0.378 e. The van der Waals surface area contributed by atoms with Crippen LogP contribution in [0.15, 0.2) is 11.5 Å². The van der Waals surface area contributed by atoms with E-state index in [9.17, 15) is 20.1 Å². The van der Waals surface area contributed by atoms with Gasteiger partial charge < -0.3 is 24.8 Å². The highest BCUT2D eigenvalue weighted by molar-refractivity contribution is 5.89. The summed E-state index contributed by atoms with van der Waals surface area (Å²) in [4.78, 5) is 12.3. The van der Waals surface area contributed by atoms with Crippen LogP contribution in [0.1, 0.15) is 103 Å². The number of rotatable bonds is 7. The Morgan fingerprint density at radius 1 is 0.719 bits per heavy atom. The van der Waals surface area contributed by atoms with E-state index in [0.29, 0.717) is 0 Å². The number of cyclic esters (lactones) is 1. The Morgan fingerprint density at radius 3 is 1.59 bits per heavy atom. The summed E-state index contributed by atoms with van der Waals surface area (Å²) in [5.74, 6) is -1.97. The van der Waals surface area contributed by atoms with Crippen molar-refractivity contribution in [3.05, 3.63) is 11.5 Å².